The van der Waals surface area contributed by atoms with Gasteiger partial charge in [-0.2, -0.15) is 0 Å². The summed E-state index contributed by atoms with van der Waals surface area (Å²) in [6, 6.07) is 79.2. The molecular weight excluding hydrogens is 743 g/mol. The second-order valence-electron chi connectivity index (χ2n) is 16.8. The highest BCUT2D eigenvalue weighted by Gasteiger charge is 2.47. The molecule has 0 saturated heterocycles. The molecule has 1 nitrogen and oxygen atoms in total. The smallest absolute Gasteiger partial charge is 0.0720 e. The summed E-state index contributed by atoms with van der Waals surface area (Å²) in [5.74, 6) is 0. The largest absolute Gasteiger partial charge is 0.310 e. The van der Waals surface area contributed by atoms with E-state index >= 15 is 0 Å². The van der Waals surface area contributed by atoms with E-state index in [0.717, 1.165) is 17.1 Å². The van der Waals surface area contributed by atoms with Crippen LogP contribution < -0.4 is 4.90 Å². The zero-order valence-electron chi connectivity index (χ0n) is 33.6. The number of anilines is 3. The van der Waals surface area contributed by atoms with E-state index in [1.807, 2.05) is 11.3 Å². The highest BCUT2D eigenvalue weighted by atomic mass is 32.1. The molecule has 0 N–H and O–H groups in total. The number of hydrogen-bond donors (Lipinski definition) is 0. The second kappa shape index (κ2) is 13.3. The summed E-state index contributed by atoms with van der Waals surface area (Å²) < 4.78 is 2.58. The Hall–Kier alpha value is -7.00. The summed E-state index contributed by atoms with van der Waals surface area (Å²) in [4.78, 5) is 2.47. The van der Waals surface area contributed by atoms with E-state index in [1.54, 1.807) is 0 Å². The number of hydrogen-bond acceptors (Lipinski definition) is 2. The Labute approximate surface area is 355 Å². The third-order valence-electron chi connectivity index (χ3n) is 13.4. The van der Waals surface area contributed by atoms with Crippen molar-refractivity contribution in [3.8, 4) is 33.4 Å². The Morgan fingerprint density at radius 1 is 0.367 bits per heavy atom. The van der Waals surface area contributed by atoms with Gasteiger partial charge in [0.05, 0.1) is 5.41 Å². The van der Waals surface area contributed by atoms with Crippen LogP contribution in [0.5, 0.6) is 0 Å². The fourth-order valence-electron chi connectivity index (χ4n) is 10.7. The van der Waals surface area contributed by atoms with Gasteiger partial charge in [0, 0.05) is 42.6 Å². The molecule has 12 rings (SSSR count). The molecule has 1 aromatic heterocycles. The molecule has 0 atom stereocenters. The van der Waals surface area contributed by atoms with Gasteiger partial charge in [0.15, 0.2) is 0 Å². The molecule has 0 amide bonds. The van der Waals surface area contributed by atoms with Crippen LogP contribution in [0.15, 0.2) is 212 Å². The van der Waals surface area contributed by atoms with Gasteiger partial charge in [0.1, 0.15) is 0 Å². The summed E-state index contributed by atoms with van der Waals surface area (Å²) in [5.41, 5.74) is 18.5. The van der Waals surface area contributed by atoms with E-state index in [2.05, 4.69) is 231 Å². The molecule has 10 aromatic rings. The van der Waals surface area contributed by atoms with E-state index < -0.39 is 5.41 Å². The Morgan fingerprint density at radius 2 is 0.883 bits per heavy atom. The first-order valence-corrected chi connectivity index (χ1v) is 21.7. The van der Waals surface area contributed by atoms with Crippen LogP contribution in [0.25, 0.3) is 53.6 Å². The third kappa shape index (κ3) is 4.98. The van der Waals surface area contributed by atoms with Crippen molar-refractivity contribution < 1.29 is 0 Å². The van der Waals surface area contributed by atoms with E-state index in [-0.39, 0.29) is 5.41 Å². The first kappa shape index (κ1) is 35.0. The minimum absolute atomic E-state index is 0.118. The van der Waals surface area contributed by atoms with Crippen LogP contribution in [0, 0.1) is 0 Å². The van der Waals surface area contributed by atoms with Crippen molar-refractivity contribution in [3.05, 3.63) is 246 Å². The van der Waals surface area contributed by atoms with Crippen molar-refractivity contribution in [2.75, 3.05) is 4.90 Å². The topological polar surface area (TPSA) is 3.24 Å². The molecule has 0 aliphatic heterocycles. The zero-order valence-corrected chi connectivity index (χ0v) is 34.4. The predicted octanol–water partition coefficient (Wildman–Crippen LogP) is 15.9. The molecule has 2 aliphatic rings. The molecule has 0 unspecified atom stereocenters. The van der Waals surface area contributed by atoms with Crippen LogP contribution in [-0.2, 0) is 10.8 Å². The quantitative estimate of drug-likeness (QED) is 0.162. The van der Waals surface area contributed by atoms with Gasteiger partial charge in [-0.3, -0.25) is 0 Å². The van der Waals surface area contributed by atoms with E-state index in [4.69, 9.17) is 0 Å². The lowest BCUT2D eigenvalue weighted by molar-refractivity contribution is 0.660. The lowest BCUT2D eigenvalue weighted by atomic mass is 9.66. The van der Waals surface area contributed by atoms with Crippen LogP contribution in [0.3, 0.4) is 0 Å². The van der Waals surface area contributed by atoms with Crippen molar-refractivity contribution in [2.24, 2.45) is 0 Å². The second-order valence-corrected chi connectivity index (χ2v) is 17.9. The van der Waals surface area contributed by atoms with Gasteiger partial charge in [-0.05, 0) is 115 Å². The van der Waals surface area contributed by atoms with Crippen molar-refractivity contribution in [2.45, 2.75) is 24.7 Å². The first-order valence-electron chi connectivity index (χ1n) is 20.9. The normalized spacial score (nSPS) is 14.1. The fraction of sp³-hybridized carbons (Fsp3) is 0.0690. The SMILES string of the molecule is CC1(C)c2ccccc2-c2ccc(N(c3ccc(-c4ccccc4)cc3)c3ccc4sc5cccc(C6(c7ccccc7)c7ccccc7-c7ccccc76)c5c4c3)cc21. The van der Waals surface area contributed by atoms with E-state index in [9.17, 15) is 0 Å². The molecule has 0 saturated carbocycles. The van der Waals surface area contributed by atoms with Crippen LogP contribution in [0.1, 0.15) is 47.2 Å². The average molecular weight is 784 g/mol. The van der Waals surface area contributed by atoms with Gasteiger partial charge in [-0.1, -0.05) is 178 Å². The van der Waals surface area contributed by atoms with Gasteiger partial charge in [-0.15, -0.1) is 11.3 Å². The molecule has 2 aliphatic carbocycles. The molecular formula is C58H41NS. The summed E-state index contributed by atoms with van der Waals surface area (Å²) in [6.07, 6.45) is 0. The number of benzene rings is 9. The number of rotatable bonds is 6. The lowest BCUT2D eigenvalue weighted by Crippen LogP contribution is -2.28. The Kier molecular flexibility index (Phi) is 7.73. The zero-order chi connectivity index (χ0) is 40.0. The van der Waals surface area contributed by atoms with Gasteiger partial charge in [-0.25, -0.2) is 0 Å². The fourth-order valence-corrected chi connectivity index (χ4v) is 11.8. The summed E-state index contributed by atoms with van der Waals surface area (Å²) >= 11 is 1.89. The van der Waals surface area contributed by atoms with Crippen LogP contribution >= 0.6 is 11.3 Å². The highest BCUT2D eigenvalue weighted by molar-refractivity contribution is 7.25. The Morgan fingerprint density at radius 3 is 1.58 bits per heavy atom. The number of nitrogens with zero attached hydrogens (tertiary/aromatic N) is 1. The van der Waals surface area contributed by atoms with Crippen LogP contribution in [0.2, 0.25) is 0 Å². The Balaban J connectivity index is 1.11. The monoisotopic (exact) mass is 783 g/mol. The maximum absolute atomic E-state index is 2.47. The molecule has 0 fully saturated rings. The molecule has 9 aromatic carbocycles. The van der Waals surface area contributed by atoms with E-state index in [0.29, 0.717) is 0 Å². The molecule has 0 bridgehead atoms. The van der Waals surface area contributed by atoms with Crippen molar-refractivity contribution >= 4 is 48.6 Å². The number of thiophene rings is 1. The molecule has 0 spiro atoms. The first-order chi connectivity index (χ1) is 29.5. The third-order valence-corrected chi connectivity index (χ3v) is 14.5. The highest BCUT2D eigenvalue weighted by Crippen LogP contribution is 2.58. The van der Waals surface area contributed by atoms with Gasteiger partial charge < -0.3 is 4.90 Å². The molecule has 1 heterocycles. The van der Waals surface area contributed by atoms with Crippen LogP contribution in [0.4, 0.5) is 17.1 Å². The molecule has 0 radical (unpaired) electrons. The van der Waals surface area contributed by atoms with Crippen molar-refractivity contribution in [1.29, 1.82) is 0 Å². The standard InChI is InChI=1S/C58H41NS/c1-57(2)49-23-12-9-20-44(49)47-34-32-43(37-53(47)57)59(41-30-28-39(29-31-41)38-16-5-3-6-17-38)42-33-35-54-48(36-42)56-52(26-15-27-55(56)60-54)58(40-18-7-4-8-19-40)50-24-13-10-21-45(50)46-22-11-14-25-51(46)58/h3-37H,1-2H3. The summed E-state index contributed by atoms with van der Waals surface area (Å²) in [7, 11) is 0. The minimum Gasteiger partial charge on any atom is -0.310 e. The average Bonchev–Trinajstić information content (AvgIpc) is 3.91. The van der Waals surface area contributed by atoms with Crippen molar-refractivity contribution in [1.82, 2.24) is 0 Å². The maximum Gasteiger partial charge on any atom is 0.0720 e. The summed E-state index contributed by atoms with van der Waals surface area (Å²) in [5, 5.41) is 2.60. The molecule has 60 heavy (non-hydrogen) atoms. The molecule has 2 heteroatoms. The minimum atomic E-state index is -0.495. The molecule has 284 valence electrons. The lowest BCUT2D eigenvalue weighted by Gasteiger charge is -2.34. The van der Waals surface area contributed by atoms with Gasteiger partial charge in [0.25, 0.3) is 0 Å². The van der Waals surface area contributed by atoms with Crippen LogP contribution in [-0.4, -0.2) is 0 Å². The number of fused-ring (bicyclic) bond motifs is 9. The summed E-state index contributed by atoms with van der Waals surface area (Å²) in [6.45, 7) is 4.74. The Bertz CT molecular complexity index is 3240. The van der Waals surface area contributed by atoms with Crippen molar-refractivity contribution in [3.63, 3.8) is 0 Å². The predicted molar refractivity (Wildman–Crippen MR) is 254 cm³/mol. The van der Waals surface area contributed by atoms with E-state index in [1.165, 1.54) is 86.9 Å². The van der Waals surface area contributed by atoms with Gasteiger partial charge >= 0.3 is 0 Å². The maximum atomic E-state index is 2.47. The van der Waals surface area contributed by atoms with Gasteiger partial charge in [0.2, 0.25) is 0 Å².